The number of halogens is 2. The number of hydrogen-bond acceptors (Lipinski definition) is 3. The molecule has 0 aliphatic carbocycles. The zero-order valence-corrected chi connectivity index (χ0v) is 12.2. The maximum Gasteiger partial charge on any atom is 0.247 e. The van der Waals surface area contributed by atoms with Gasteiger partial charge in [0.1, 0.15) is 11.9 Å². The van der Waals surface area contributed by atoms with E-state index in [4.69, 9.17) is 23.2 Å². The van der Waals surface area contributed by atoms with Gasteiger partial charge in [-0.3, -0.25) is 4.79 Å². The second kappa shape index (κ2) is 6.59. The van der Waals surface area contributed by atoms with E-state index in [1.807, 2.05) is 12.1 Å². The van der Waals surface area contributed by atoms with Crippen molar-refractivity contribution in [1.29, 1.82) is 0 Å². The predicted octanol–water partition coefficient (Wildman–Crippen LogP) is 3.83. The molecule has 2 N–H and O–H groups in total. The maximum atomic E-state index is 12.0. The molecule has 0 saturated heterocycles. The van der Waals surface area contributed by atoms with Gasteiger partial charge in [-0.1, -0.05) is 23.2 Å². The molecule has 0 bridgehead atoms. The van der Waals surface area contributed by atoms with Crippen molar-refractivity contribution < 1.29 is 4.79 Å². The number of pyridine rings is 1. The van der Waals surface area contributed by atoms with Crippen molar-refractivity contribution in [2.75, 3.05) is 10.6 Å². The molecule has 2 rings (SSSR count). The first-order valence-corrected chi connectivity index (χ1v) is 6.75. The average molecular weight is 310 g/mol. The molecule has 1 aromatic carbocycles. The van der Waals surface area contributed by atoms with Gasteiger partial charge in [-0.05, 0) is 43.3 Å². The Morgan fingerprint density at radius 1 is 1.10 bits per heavy atom. The molecule has 0 aliphatic heterocycles. The van der Waals surface area contributed by atoms with Crippen LogP contribution in [0, 0.1) is 0 Å². The molecule has 0 saturated carbocycles. The van der Waals surface area contributed by atoms with Crippen LogP contribution >= 0.6 is 23.2 Å². The second-order valence-corrected chi connectivity index (χ2v) is 5.10. The summed E-state index contributed by atoms with van der Waals surface area (Å²) in [6, 6.07) is 10.1. The smallest absolute Gasteiger partial charge is 0.247 e. The lowest BCUT2D eigenvalue weighted by molar-refractivity contribution is -0.116. The number of aromatic nitrogens is 1. The normalized spacial score (nSPS) is 11.8. The van der Waals surface area contributed by atoms with E-state index in [-0.39, 0.29) is 5.91 Å². The summed E-state index contributed by atoms with van der Waals surface area (Å²) in [4.78, 5) is 16.0. The fourth-order valence-corrected chi connectivity index (χ4v) is 1.78. The minimum atomic E-state index is -0.409. The number of carbonyl (C=O) groups is 1. The topological polar surface area (TPSA) is 54.0 Å². The Kier molecular flexibility index (Phi) is 4.82. The van der Waals surface area contributed by atoms with Crippen LogP contribution in [0.15, 0.2) is 42.6 Å². The molecule has 6 heteroatoms. The number of amides is 1. The first-order valence-electron chi connectivity index (χ1n) is 5.99. The summed E-state index contributed by atoms with van der Waals surface area (Å²) in [7, 11) is 0. The Balaban J connectivity index is 1.94. The van der Waals surface area contributed by atoms with Crippen molar-refractivity contribution in [3.8, 4) is 0 Å². The van der Waals surface area contributed by atoms with E-state index >= 15 is 0 Å². The molecule has 20 heavy (non-hydrogen) atoms. The van der Waals surface area contributed by atoms with E-state index in [0.29, 0.717) is 15.9 Å². The van der Waals surface area contributed by atoms with Crippen LogP contribution in [0.4, 0.5) is 11.5 Å². The molecule has 1 amide bonds. The Bertz CT molecular complexity index is 584. The Hall–Kier alpha value is -1.78. The predicted molar refractivity (Wildman–Crippen MR) is 82.4 cm³/mol. The molecule has 0 spiro atoms. The van der Waals surface area contributed by atoms with Crippen LogP contribution < -0.4 is 10.6 Å². The third-order valence-electron chi connectivity index (χ3n) is 2.60. The molecule has 0 fully saturated rings. The lowest BCUT2D eigenvalue weighted by atomic mass is 10.2. The molecule has 4 nitrogen and oxygen atoms in total. The maximum absolute atomic E-state index is 12.0. The van der Waals surface area contributed by atoms with Gasteiger partial charge in [0.25, 0.3) is 0 Å². The lowest BCUT2D eigenvalue weighted by Gasteiger charge is -2.15. The van der Waals surface area contributed by atoms with Crippen molar-refractivity contribution in [1.82, 2.24) is 4.98 Å². The van der Waals surface area contributed by atoms with E-state index in [2.05, 4.69) is 15.6 Å². The van der Waals surface area contributed by atoms with Gasteiger partial charge in [-0.15, -0.1) is 0 Å². The van der Waals surface area contributed by atoms with Gasteiger partial charge in [0.05, 0.1) is 5.02 Å². The largest absolute Gasteiger partial charge is 0.374 e. The van der Waals surface area contributed by atoms with E-state index < -0.39 is 6.04 Å². The van der Waals surface area contributed by atoms with Gasteiger partial charge in [-0.25, -0.2) is 4.98 Å². The summed E-state index contributed by atoms with van der Waals surface area (Å²) in [5, 5.41) is 6.95. The van der Waals surface area contributed by atoms with Gasteiger partial charge < -0.3 is 10.6 Å². The summed E-state index contributed by atoms with van der Waals surface area (Å²) in [5.74, 6) is 0.277. The summed E-state index contributed by atoms with van der Waals surface area (Å²) in [5.41, 5.74) is 0.820. The van der Waals surface area contributed by atoms with Crippen LogP contribution in [0.1, 0.15) is 6.92 Å². The fourth-order valence-electron chi connectivity index (χ4n) is 1.55. The van der Waals surface area contributed by atoms with E-state index in [1.54, 1.807) is 31.2 Å². The molecular formula is C14H13Cl2N3O. The first-order chi connectivity index (χ1) is 9.54. The molecular weight excluding hydrogens is 297 g/mol. The van der Waals surface area contributed by atoms with Gasteiger partial charge in [0.15, 0.2) is 0 Å². The van der Waals surface area contributed by atoms with Crippen molar-refractivity contribution >= 4 is 40.6 Å². The molecule has 1 atom stereocenters. The summed E-state index contributed by atoms with van der Waals surface area (Å²) < 4.78 is 0. The summed E-state index contributed by atoms with van der Waals surface area (Å²) >= 11 is 11.5. The average Bonchev–Trinajstić information content (AvgIpc) is 2.44. The van der Waals surface area contributed by atoms with Crippen molar-refractivity contribution in [2.24, 2.45) is 0 Å². The minimum Gasteiger partial charge on any atom is -0.374 e. The van der Waals surface area contributed by atoms with Gasteiger partial charge in [-0.2, -0.15) is 0 Å². The van der Waals surface area contributed by atoms with E-state index in [9.17, 15) is 4.79 Å². The zero-order chi connectivity index (χ0) is 14.5. The number of benzene rings is 1. The van der Waals surface area contributed by atoms with Gasteiger partial charge in [0, 0.05) is 16.9 Å². The number of nitrogens with one attached hydrogen (secondary N) is 2. The van der Waals surface area contributed by atoms with Gasteiger partial charge >= 0.3 is 0 Å². The quantitative estimate of drug-likeness (QED) is 0.902. The highest BCUT2D eigenvalue weighted by Gasteiger charge is 2.13. The van der Waals surface area contributed by atoms with Crippen LogP contribution in [0.3, 0.4) is 0 Å². The first kappa shape index (κ1) is 14.6. The van der Waals surface area contributed by atoms with Gasteiger partial charge in [0.2, 0.25) is 5.91 Å². The third-order valence-corrected chi connectivity index (χ3v) is 3.07. The van der Waals surface area contributed by atoms with Crippen LogP contribution in [0.5, 0.6) is 0 Å². The van der Waals surface area contributed by atoms with Crippen molar-refractivity contribution in [3.05, 3.63) is 52.6 Å². The van der Waals surface area contributed by atoms with Crippen LogP contribution in [-0.2, 0) is 4.79 Å². The highest BCUT2D eigenvalue weighted by molar-refractivity contribution is 6.30. The Morgan fingerprint density at radius 3 is 2.35 bits per heavy atom. The standard InChI is InChI=1S/C14H13Cl2N3O/c1-9(18-12-5-2-10(15)3-6-12)14(20)19-13-7-4-11(16)8-17-13/h2-9,18H,1H3,(H,17,19,20)/t9-/m0/s1. The van der Waals surface area contributed by atoms with Crippen molar-refractivity contribution in [3.63, 3.8) is 0 Å². The zero-order valence-electron chi connectivity index (χ0n) is 10.7. The van der Waals surface area contributed by atoms with E-state index in [1.165, 1.54) is 6.20 Å². The summed E-state index contributed by atoms with van der Waals surface area (Å²) in [6.07, 6.45) is 1.48. The monoisotopic (exact) mass is 309 g/mol. The Morgan fingerprint density at radius 2 is 1.75 bits per heavy atom. The van der Waals surface area contributed by atoms with Crippen molar-refractivity contribution in [2.45, 2.75) is 13.0 Å². The number of hydrogen-bond donors (Lipinski definition) is 2. The van der Waals surface area contributed by atoms with Crippen LogP contribution in [-0.4, -0.2) is 16.9 Å². The molecule has 1 aromatic heterocycles. The number of rotatable bonds is 4. The molecule has 1 heterocycles. The van der Waals surface area contributed by atoms with Crippen LogP contribution in [0.25, 0.3) is 0 Å². The third kappa shape index (κ3) is 4.11. The SMILES string of the molecule is C[C@H](Nc1ccc(Cl)cc1)C(=O)Nc1ccc(Cl)cn1. The lowest BCUT2D eigenvalue weighted by Crippen LogP contribution is -2.32. The number of anilines is 2. The molecule has 0 aliphatic rings. The highest BCUT2D eigenvalue weighted by Crippen LogP contribution is 2.15. The highest BCUT2D eigenvalue weighted by atomic mass is 35.5. The minimum absolute atomic E-state index is 0.185. The number of nitrogens with zero attached hydrogens (tertiary/aromatic N) is 1. The second-order valence-electron chi connectivity index (χ2n) is 4.22. The van der Waals surface area contributed by atoms with E-state index in [0.717, 1.165) is 5.69 Å². The summed E-state index contributed by atoms with van der Waals surface area (Å²) in [6.45, 7) is 1.76. The fraction of sp³-hybridized carbons (Fsp3) is 0.143. The molecule has 0 radical (unpaired) electrons. The molecule has 2 aromatic rings. The number of carbonyl (C=O) groups excluding carboxylic acids is 1. The molecule has 0 unspecified atom stereocenters. The van der Waals surface area contributed by atoms with Crippen LogP contribution in [0.2, 0.25) is 10.0 Å². The Labute approximate surface area is 127 Å². The molecule has 104 valence electrons.